The van der Waals surface area contributed by atoms with Gasteiger partial charge in [-0.3, -0.25) is 4.79 Å². The summed E-state index contributed by atoms with van der Waals surface area (Å²) < 4.78 is 4.91. The van der Waals surface area contributed by atoms with Gasteiger partial charge in [-0.25, -0.2) is 9.78 Å². The first-order valence-electron chi connectivity index (χ1n) is 10.1. The van der Waals surface area contributed by atoms with E-state index in [2.05, 4.69) is 9.97 Å². The number of nitrogens with one attached hydrogen (secondary N) is 2. The number of likely N-dealkylation sites (tertiary alicyclic amines) is 1. The number of para-hydroxylation sites is 2. The number of ether oxygens (including phenoxy) is 1. The molecular weight excluding hydrogens is 368 g/mol. The third kappa shape index (κ3) is 3.41. The van der Waals surface area contributed by atoms with Gasteiger partial charge in [-0.1, -0.05) is 19.1 Å². The van der Waals surface area contributed by atoms with Crippen LogP contribution in [0.15, 0.2) is 24.3 Å². The number of aromatic amines is 2. The van der Waals surface area contributed by atoms with Gasteiger partial charge < -0.3 is 19.6 Å². The van der Waals surface area contributed by atoms with Crippen LogP contribution in [0.2, 0.25) is 0 Å². The predicted octanol–water partition coefficient (Wildman–Crippen LogP) is 3.57. The molecule has 0 bridgehead atoms. The topological polar surface area (TPSA) is 91.1 Å². The minimum atomic E-state index is -0.409. The normalized spacial score (nSPS) is 16.9. The van der Waals surface area contributed by atoms with E-state index in [-0.39, 0.29) is 11.8 Å². The van der Waals surface area contributed by atoms with Crippen LogP contribution in [-0.4, -0.2) is 51.9 Å². The van der Waals surface area contributed by atoms with Crippen LogP contribution >= 0.6 is 0 Å². The summed E-state index contributed by atoms with van der Waals surface area (Å²) in [6.07, 6.45) is 2.53. The zero-order valence-electron chi connectivity index (χ0n) is 17.0. The largest absolute Gasteiger partial charge is 0.465 e. The summed E-state index contributed by atoms with van der Waals surface area (Å²) in [5.74, 6) is 0.610. The van der Waals surface area contributed by atoms with Gasteiger partial charge in [0.15, 0.2) is 0 Å². The highest BCUT2D eigenvalue weighted by atomic mass is 16.5. The molecule has 0 aliphatic carbocycles. The number of carbonyl (C=O) groups excluding carboxylic acids is 2. The Bertz CT molecular complexity index is 1030. The van der Waals surface area contributed by atoms with E-state index in [0.29, 0.717) is 36.3 Å². The average molecular weight is 394 g/mol. The average Bonchev–Trinajstić information content (AvgIpc) is 3.33. The molecule has 152 valence electrons. The summed E-state index contributed by atoms with van der Waals surface area (Å²) in [5, 5.41) is 0. The number of amides is 1. The Morgan fingerprint density at radius 2 is 2.07 bits per heavy atom. The van der Waals surface area contributed by atoms with Crippen molar-refractivity contribution in [2.24, 2.45) is 0 Å². The second kappa shape index (κ2) is 7.73. The minimum Gasteiger partial charge on any atom is -0.465 e. The lowest BCUT2D eigenvalue weighted by Crippen LogP contribution is -2.39. The molecule has 3 heterocycles. The summed E-state index contributed by atoms with van der Waals surface area (Å²) in [6.45, 7) is 5.05. The quantitative estimate of drug-likeness (QED) is 0.662. The van der Waals surface area contributed by atoms with Gasteiger partial charge in [0.25, 0.3) is 5.91 Å². The SMILES string of the molecule is CCc1[nH]c(C(=O)N2CCCC(c3nc4ccccc4[nH]3)C2)c(C)c1C(=O)OC. The number of methoxy groups -OCH3 is 1. The van der Waals surface area contributed by atoms with E-state index in [4.69, 9.17) is 9.72 Å². The van der Waals surface area contributed by atoms with Gasteiger partial charge in [0, 0.05) is 24.7 Å². The predicted molar refractivity (Wildman–Crippen MR) is 110 cm³/mol. The van der Waals surface area contributed by atoms with Gasteiger partial charge >= 0.3 is 5.97 Å². The monoisotopic (exact) mass is 394 g/mol. The van der Waals surface area contributed by atoms with Crippen molar-refractivity contribution < 1.29 is 14.3 Å². The number of H-pyrrole nitrogens is 2. The second-order valence-electron chi connectivity index (χ2n) is 7.55. The van der Waals surface area contributed by atoms with Crippen molar-refractivity contribution in [1.29, 1.82) is 0 Å². The highest BCUT2D eigenvalue weighted by molar-refractivity contribution is 6.00. The number of rotatable bonds is 4. The molecule has 1 atom stereocenters. The molecule has 7 nitrogen and oxygen atoms in total. The fourth-order valence-electron chi connectivity index (χ4n) is 4.22. The Kier molecular flexibility index (Phi) is 5.13. The van der Waals surface area contributed by atoms with Crippen LogP contribution < -0.4 is 0 Å². The van der Waals surface area contributed by atoms with E-state index < -0.39 is 5.97 Å². The first kappa shape index (κ1) is 19.2. The maximum absolute atomic E-state index is 13.3. The summed E-state index contributed by atoms with van der Waals surface area (Å²) in [6, 6.07) is 7.96. The third-order valence-corrected chi connectivity index (χ3v) is 5.79. The number of aryl methyl sites for hydroxylation is 1. The maximum atomic E-state index is 13.3. The number of piperidine rings is 1. The molecule has 1 amide bonds. The summed E-state index contributed by atoms with van der Waals surface area (Å²) in [5.41, 5.74) is 4.31. The summed E-state index contributed by atoms with van der Waals surface area (Å²) >= 11 is 0. The number of aromatic nitrogens is 3. The molecule has 1 aliphatic heterocycles. The standard InChI is InChI=1S/C22H26N4O3/c1-4-15-18(22(28)29-3)13(2)19(23-15)21(27)26-11-7-8-14(12-26)20-24-16-9-5-6-10-17(16)25-20/h5-6,9-10,14,23H,4,7-8,11-12H2,1-3H3,(H,24,25). The van der Waals surface area contributed by atoms with E-state index in [9.17, 15) is 9.59 Å². The molecule has 0 saturated carbocycles. The van der Waals surface area contributed by atoms with Gasteiger partial charge in [-0.15, -0.1) is 0 Å². The van der Waals surface area contributed by atoms with Gasteiger partial charge in [-0.05, 0) is 43.9 Å². The first-order valence-corrected chi connectivity index (χ1v) is 10.1. The number of hydrogen-bond acceptors (Lipinski definition) is 4. The zero-order valence-corrected chi connectivity index (χ0v) is 17.0. The lowest BCUT2D eigenvalue weighted by molar-refractivity contribution is 0.0599. The number of nitrogens with zero attached hydrogens (tertiary/aromatic N) is 2. The van der Waals surface area contributed by atoms with E-state index >= 15 is 0 Å². The number of hydrogen-bond donors (Lipinski definition) is 2. The Balaban J connectivity index is 1.59. The van der Waals surface area contributed by atoms with Gasteiger partial charge in [0.1, 0.15) is 11.5 Å². The van der Waals surface area contributed by atoms with Crippen molar-refractivity contribution in [1.82, 2.24) is 19.9 Å². The van der Waals surface area contributed by atoms with Crippen molar-refractivity contribution in [2.75, 3.05) is 20.2 Å². The Hall–Kier alpha value is -3.09. The molecule has 1 fully saturated rings. The number of fused-ring (bicyclic) bond motifs is 1. The van der Waals surface area contributed by atoms with Crippen molar-refractivity contribution in [3.63, 3.8) is 0 Å². The summed E-state index contributed by atoms with van der Waals surface area (Å²) in [4.78, 5) is 38.6. The van der Waals surface area contributed by atoms with E-state index in [1.54, 1.807) is 6.92 Å². The zero-order chi connectivity index (χ0) is 20.5. The van der Waals surface area contributed by atoms with Crippen molar-refractivity contribution in [3.8, 4) is 0 Å². The minimum absolute atomic E-state index is 0.0758. The molecule has 1 aliphatic rings. The fourth-order valence-corrected chi connectivity index (χ4v) is 4.22. The molecule has 1 saturated heterocycles. The number of benzene rings is 1. The first-order chi connectivity index (χ1) is 14.0. The summed E-state index contributed by atoms with van der Waals surface area (Å²) in [7, 11) is 1.36. The Morgan fingerprint density at radius 1 is 1.28 bits per heavy atom. The van der Waals surface area contributed by atoms with E-state index in [0.717, 1.165) is 35.4 Å². The maximum Gasteiger partial charge on any atom is 0.339 e. The smallest absolute Gasteiger partial charge is 0.339 e. The van der Waals surface area contributed by atoms with Gasteiger partial charge in [0.2, 0.25) is 0 Å². The molecular formula is C22H26N4O3. The van der Waals surface area contributed by atoms with Crippen molar-refractivity contribution >= 4 is 22.9 Å². The van der Waals surface area contributed by atoms with Crippen molar-refractivity contribution in [2.45, 2.75) is 39.0 Å². The molecule has 1 aromatic carbocycles. The van der Waals surface area contributed by atoms with Crippen LogP contribution in [0.1, 0.15) is 63.6 Å². The van der Waals surface area contributed by atoms with Crippen molar-refractivity contribution in [3.05, 3.63) is 52.6 Å². The molecule has 2 N–H and O–H groups in total. The number of esters is 1. The lowest BCUT2D eigenvalue weighted by Gasteiger charge is -2.31. The van der Waals surface area contributed by atoms with Gasteiger partial charge in [-0.2, -0.15) is 0 Å². The fraction of sp³-hybridized carbons (Fsp3) is 0.409. The molecule has 3 aromatic rings. The Labute approximate surface area is 169 Å². The molecule has 2 aromatic heterocycles. The Morgan fingerprint density at radius 3 is 2.79 bits per heavy atom. The molecule has 0 spiro atoms. The van der Waals surface area contributed by atoms with Crippen LogP contribution in [0.4, 0.5) is 0 Å². The van der Waals surface area contributed by atoms with Crippen LogP contribution in [0.3, 0.4) is 0 Å². The van der Waals surface area contributed by atoms with Crippen LogP contribution in [-0.2, 0) is 11.2 Å². The molecule has 4 rings (SSSR count). The second-order valence-corrected chi connectivity index (χ2v) is 7.55. The van der Waals surface area contributed by atoms with Crippen LogP contribution in [0.5, 0.6) is 0 Å². The number of carbonyl (C=O) groups is 2. The molecule has 0 radical (unpaired) electrons. The van der Waals surface area contributed by atoms with E-state index in [1.807, 2.05) is 36.1 Å². The highest BCUT2D eigenvalue weighted by Gasteiger charge is 2.31. The third-order valence-electron chi connectivity index (χ3n) is 5.79. The van der Waals surface area contributed by atoms with Gasteiger partial charge in [0.05, 0.1) is 23.7 Å². The van der Waals surface area contributed by atoms with Crippen LogP contribution in [0.25, 0.3) is 11.0 Å². The molecule has 7 heteroatoms. The number of imidazole rings is 1. The highest BCUT2D eigenvalue weighted by Crippen LogP contribution is 2.29. The van der Waals surface area contributed by atoms with E-state index in [1.165, 1.54) is 7.11 Å². The molecule has 29 heavy (non-hydrogen) atoms. The molecule has 1 unspecified atom stereocenters. The lowest BCUT2D eigenvalue weighted by atomic mass is 9.97. The van der Waals surface area contributed by atoms with Crippen LogP contribution in [0, 0.1) is 6.92 Å².